The van der Waals surface area contributed by atoms with E-state index in [0.717, 1.165) is 19.3 Å². The summed E-state index contributed by atoms with van der Waals surface area (Å²) in [5.41, 5.74) is 1.38. The molecule has 0 radical (unpaired) electrons. The van der Waals surface area contributed by atoms with Gasteiger partial charge in [-0.3, -0.25) is 0 Å². The van der Waals surface area contributed by atoms with Gasteiger partial charge in [0.15, 0.2) is 8.32 Å². The lowest BCUT2D eigenvalue weighted by molar-refractivity contribution is 0.169. The van der Waals surface area contributed by atoms with Crippen LogP contribution in [0, 0.1) is 0 Å². The lowest BCUT2D eigenvalue weighted by atomic mass is 9.97. The van der Waals surface area contributed by atoms with Crippen molar-refractivity contribution in [3.8, 4) is 0 Å². The topological polar surface area (TPSA) is 9.23 Å². The van der Waals surface area contributed by atoms with Gasteiger partial charge in [-0.1, -0.05) is 45.1 Å². The molecule has 0 aliphatic heterocycles. The van der Waals surface area contributed by atoms with E-state index in [4.69, 9.17) is 4.43 Å². The monoisotopic (exact) mass is 238 g/mol. The Balaban J connectivity index is 2.58. The van der Waals surface area contributed by atoms with E-state index in [0.29, 0.717) is 11.1 Å². The van der Waals surface area contributed by atoms with Crippen LogP contribution in [0.4, 0.5) is 0 Å². The fourth-order valence-electron chi connectivity index (χ4n) is 1.72. The summed E-state index contributed by atoms with van der Waals surface area (Å²) in [6, 6.07) is 0. The molecule has 0 amide bonds. The molecule has 1 nitrogen and oxygen atoms in total. The highest BCUT2D eigenvalue weighted by Crippen LogP contribution is 2.38. The maximum atomic E-state index is 6.40. The molecule has 1 rings (SSSR count). The van der Waals surface area contributed by atoms with Crippen LogP contribution in [0.3, 0.4) is 0 Å². The largest absolute Gasteiger partial charge is 0.414 e. The van der Waals surface area contributed by atoms with E-state index in [2.05, 4.69) is 46.5 Å². The van der Waals surface area contributed by atoms with Gasteiger partial charge in [0.05, 0.1) is 0 Å². The predicted molar refractivity (Wildman–Crippen MR) is 74.2 cm³/mol. The summed E-state index contributed by atoms with van der Waals surface area (Å²) < 4.78 is 6.40. The highest BCUT2D eigenvalue weighted by atomic mass is 28.4. The van der Waals surface area contributed by atoms with Crippen LogP contribution in [0.1, 0.15) is 40.0 Å². The summed E-state index contributed by atoms with van der Waals surface area (Å²) in [4.78, 5) is 0. The SMILES string of the molecule is C=CC1=CC[C@H](O[Si](C)(C)C(C)(C)C)CC1. The average Bonchev–Trinajstić information content (AvgIpc) is 2.16. The first-order valence-electron chi connectivity index (χ1n) is 6.25. The van der Waals surface area contributed by atoms with Crippen molar-refractivity contribution >= 4 is 8.32 Å². The standard InChI is InChI=1S/C14H26OSi/c1-7-12-8-10-13(11-9-12)15-16(5,6)14(2,3)4/h7-8,13H,1,9-11H2,2-6H3/t13-/m0/s1. The van der Waals surface area contributed by atoms with Crippen molar-refractivity contribution in [3.05, 3.63) is 24.3 Å². The van der Waals surface area contributed by atoms with Crippen molar-refractivity contribution in [1.82, 2.24) is 0 Å². The molecule has 0 saturated carbocycles. The van der Waals surface area contributed by atoms with E-state index in [1.54, 1.807) is 0 Å². The fraction of sp³-hybridized carbons (Fsp3) is 0.714. The van der Waals surface area contributed by atoms with Gasteiger partial charge in [-0.05, 0) is 37.4 Å². The van der Waals surface area contributed by atoms with E-state index in [-0.39, 0.29) is 0 Å². The second-order valence-electron chi connectivity index (χ2n) is 6.26. The van der Waals surface area contributed by atoms with E-state index < -0.39 is 8.32 Å². The molecule has 0 spiro atoms. The van der Waals surface area contributed by atoms with Crippen molar-refractivity contribution in [2.75, 3.05) is 0 Å². The van der Waals surface area contributed by atoms with Crippen LogP contribution in [0.5, 0.6) is 0 Å². The minimum Gasteiger partial charge on any atom is -0.414 e. The zero-order chi connectivity index (χ0) is 12.4. The van der Waals surface area contributed by atoms with Crippen molar-refractivity contribution < 1.29 is 4.43 Å². The molecule has 1 aliphatic rings. The number of allylic oxidation sites excluding steroid dienone is 2. The molecule has 92 valence electrons. The molecule has 0 aromatic carbocycles. The zero-order valence-electron chi connectivity index (χ0n) is 11.5. The molecule has 0 saturated heterocycles. The molecular formula is C14H26OSi. The number of hydrogen-bond donors (Lipinski definition) is 0. The quantitative estimate of drug-likeness (QED) is 0.649. The van der Waals surface area contributed by atoms with Gasteiger partial charge in [0, 0.05) is 6.10 Å². The molecule has 2 heteroatoms. The maximum absolute atomic E-state index is 6.40. The van der Waals surface area contributed by atoms with Crippen molar-refractivity contribution in [2.45, 2.75) is 64.3 Å². The first kappa shape index (κ1) is 13.7. The minimum absolute atomic E-state index is 0.315. The lowest BCUT2D eigenvalue weighted by Crippen LogP contribution is -2.44. The Morgan fingerprint density at radius 2 is 2.06 bits per heavy atom. The molecular weight excluding hydrogens is 212 g/mol. The minimum atomic E-state index is -1.58. The summed E-state index contributed by atoms with van der Waals surface area (Å²) >= 11 is 0. The van der Waals surface area contributed by atoms with Gasteiger partial charge >= 0.3 is 0 Å². The summed E-state index contributed by atoms with van der Waals surface area (Å²) in [7, 11) is -1.58. The van der Waals surface area contributed by atoms with Gasteiger partial charge in [0.2, 0.25) is 0 Å². The maximum Gasteiger partial charge on any atom is 0.192 e. The first-order chi connectivity index (χ1) is 7.26. The third-order valence-electron chi connectivity index (χ3n) is 3.93. The first-order valence-corrected chi connectivity index (χ1v) is 9.16. The number of hydrogen-bond acceptors (Lipinski definition) is 1. The van der Waals surface area contributed by atoms with Crippen LogP contribution in [0.2, 0.25) is 18.1 Å². The van der Waals surface area contributed by atoms with Crippen LogP contribution >= 0.6 is 0 Å². The Labute approximate surface area is 102 Å². The fourth-order valence-corrected chi connectivity index (χ4v) is 3.12. The molecule has 0 heterocycles. The summed E-state index contributed by atoms with van der Waals surface area (Å²) in [6.45, 7) is 15.4. The van der Waals surface area contributed by atoms with Crippen LogP contribution in [-0.2, 0) is 4.43 Å². The van der Waals surface area contributed by atoms with Crippen molar-refractivity contribution in [1.29, 1.82) is 0 Å². The molecule has 1 aliphatic carbocycles. The Bertz CT molecular complexity index is 284. The molecule has 0 fully saturated rings. The lowest BCUT2D eigenvalue weighted by Gasteiger charge is -2.40. The molecule has 0 N–H and O–H groups in total. The average molecular weight is 238 g/mol. The van der Waals surface area contributed by atoms with Crippen LogP contribution in [0.15, 0.2) is 24.3 Å². The van der Waals surface area contributed by atoms with Gasteiger partial charge < -0.3 is 4.43 Å². The second-order valence-corrected chi connectivity index (χ2v) is 11.0. The summed E-state index contributed by atoms with van der Waals surface area (Å²) in [5, 5.41) is 0.315. The zero-order valence-corrected chi connectivity index (χ0v) is 12.5. The van der Waals surface area contributed by atoms with E-state index in [9.17, 15) is 0 Å². The molecule has 1 atom stereocenters. The van der Waals surface area contributed by atoms with Gasteiger partial charge in [0.25, 0.3) is 0 Å². The second kappa shape index (κ2) is 4.88. The Morgan fingerprint density at radius 1 is 1.44 bits per heavy atom. The molecule has 16 heavy (non-hydrogen) atoms. The normalized spacial score (nSPS) is 22.8. The predicted octanol–water partition coefficient (Wildman–Crippen LogP) is 4.67. The number of rotatable bonds is 3. The highest BCUT2D eigenvalue weighted by molar-refractivity contribution is 6.74. The van der Waals surface area contributed by atoms with E-state index in [1.807, 2.05) is 6.08 Å². The summed E-state index contributed by atoms with van der Waals surface area (Å²) in [5.74, 6) is 0. The Morgan fingerprint density at radius 3 is 2.44 bits per heavy atom. The van der Waals surface area contributed by atoms with Crippen LogP contribution < -0.4 is 0 Å². The van der Waals surface area contributed by atoms with E-state index in [1.165, 1.54) is 5.57 Å². The van der Waals surface area contributed by atoms with Crippen LogP contribution in [-0.4, -0.2) is 14.4 Å². The van der Waals surface area contributed by atoms with Gasteiger partial charge in [0.1, 0.15) is 0 Å². The Kier molecular flexibility index (Phi) is 4.19. The molecule has 0 unspecified atom stereocenters. The third kappa shape index (κ3) is 3.32. The van der Waals surface area contributed by atoms with Crippen molar-refractivity contribution in [3.63, 3.8) is 0 Å². The van der Waals surface area contributed by atoms with Gasteiger partial charge in [-0.25, -0.2) is 0 Å². The van der Waals surface area contributed by atoms with Crippen LogP contribution in [0.25, 0.3) is 0 Å². The molecule has 0 aromatic rings. The van der Waals surface area contributed by atoms with Gasteiger partial charge in [-0.2, -0.15) is 0 Å². The highest BCUT2D eigenvalue weighted by Gasteiger charge is 2.39. The van der Waals surface area contributed by atoms with Gasteiger partial charge in [-0.15, -0.1) is 0 Å². The Hall–Kier alpha value is -0.343. The van der Waals surface area contributed by atoms with E-state index >= 15 is 0 Å². The smallest absolute Gasteiger partial charge is 0.192 e. The molecule has 0 bridgehead atoms. The summed E-state index contributed by atoms with van der Waals surface area (Å²) in [6.07, 6.45) is 8.04. The van der Waals surface area contributed by atoms with Crippen molar-refractivity contribution in [2.24, 2.45) is 0 Å². The third-order valence-corrected chi connectivity index (χ3v) is 8.46. The molecule has 0 aromatic heterocycles.